The number of halogens is 1. The average Bonchev–Trinajstić information content (AvgIpc) is 2.18. The molecule has 1 aromatic rings. The summed E-state index contributed by atoms with van der Waals surface area (Å²) < 4.78 is 0. The predicted molar refractivity (Wildman–Crippen MR) is 58.5 cm³/mol. The number of phenols is 1. The molecule has 0 heterocycles. The molecule has 0 bridgehead atoms. The van der Waals surface area contributed by atoms with Crippen molar-refractivity contribution in [3.05, 3.63) is 28.8 Å². The molecule has 0 aliphatic carbocycles. The number of benzene rings is 1. The Morgan fingerprint density at radius 3 is 2.93 bits per heavy atom. The van der Waals surface area contributed by atoms with Gasteiger partial charge in [0.1, 0.15) is 5.75 Å². The molecule has 74 valence electrons. The first kappa shape index (κ1) is 10.9. The van der Waals surface area contributed by atoms with Crippen LogP contribution in [0.1, 0.15) is 12.0 Å². The lowest BCUT2D eigenvalue weighted by atomic mass is 10.2. The highest BCUT2D eigenvalue weighted by atomic mass is 35.5. The smallest absolute Gasteiger partial charge is 0.134 e. The van der Waals surface area contributed by atoms with Gasteiger partial charge >= 0.3 is 0 Å². The normalized spacial score (nSPS) is 9.29. The van der Waals surface area contributed by atoms with Gasteiger partial charge < -0.3 is 10.4 Å². The van der Waals surface area contributed by atoms with Crippen molar-refractivity contribution in [2.45, 2.75) is 6.42 Å². The van der Waals surface area contributed by atoms with Gasteiger partial charge in [-0.2, -0.15) is 0 Å². The maximum absolute atomic E-state index is 9.16. The Morgan fingerprint density at radius 1 is 1.50 bits per heavy atom. The Hall–Kier alpha value is -1.17. The van der Waals surface area contributed by atoms with Crippen molar-refractivity contribution >= 4 is 11.6 Å². The number of nitrogens with one attached hydrogen (secondary N) is 1. The lowest BCUT2D eigenvalue weighted by Gasteiger charge is -1.95. The Balaban J connectivity index is 2.66. The highest BCUT2D eigenvalue weighted by Gasteiger charge is 1.96. The largest absolute Gasteiger partial charge is 0.506 e. The van der Waals surface area contributed by atoms with Gasteiger partial charge in [0.25, 0.3) is 0 Å². The van der Waals surface area contributed by atoms with Gasteiger partial charge in [-0.05, 0) is 25.2 Å². The maximum atomic E-state index is 9.16. The van der Waals surface area contributed by atoms with Gasteiger partial charge in [-0.3, -0.25) is 0 Å². The number of aromatic hydroxyl groups is 1. The summed E-state index contributed by atoms with van der Waals surface area (Å²) in [4.78, 5) is 0. The summed E-state index contributed by atoms with van der Waals surface area (Å²) in [5.74, 6) is 6.05. The zero-order valence-corrected chi connectivity index (χ0v) is 8.73. The molecule has 0 fully saturated rings. The summed E-state index contributed by atoms with van der Waals surface area (Å²) in [5.41, 5.74) is 0.823. The van der Waals surface area contributed by atoms with Crippen molar-refractivity contribution in [1.29, 1.82) is 0 Å². The van der Waals surface area contributed by atoms with E-state index < -0.39 is 0 Å². The first-order valence-corrected chi connectivity index (χ1v) is 4.74. The second-order valence-corrected chi connectivity index (χ2v) is 3.23. The first-order chi connectivity index (χ1) is 6.74. The summed E-state index contributed by atoms with van der Waals surface area (Å²) in [6, 6.07) is 4.95. The highest BCUT2D eigenvalue weighted by Crippen LogP contribution is 2.22. The Bertz CT molecular complexity index is 365. The minimum absolute atomic E-state index is 0.0902. The first-order valence-electron chi connectivity index (χ1n) is 4.36. The SMILES string of the molecule is CNCCC#Cc1ccc(O)c(Cl)c1. The van der Waals surface area contributed by atoms with Crippen LogP contribution >= 0.6 is 11.6 Å². The van der Waals surface area contributed by atoms with Crippen LogP contribution in [-0.2, 0) is 0 Å². The van der Waals surface area contributed by atoms with Crippen molar-refractivity contribution < 1.29 is 5.11 Å². The topological polar surface area (TPSA) is 32.3 Å². The van der Waals surface area contributed by atoms with E-state index in [1.54, 1.807) is 18.2 Å². The van der Waals surface area contributed by atoms with Crippen LogP contribution in [0, 0.1) is 11.8 Å². The van der Waals surface area contributed by atoms with E-state index in [0.29, 0.717) is 5.02 Å². The van der Waals surface area contributed by atoms with E-state index in [2.05, 4.69) is 17.2 Å². The molecule has 0 aliphatic rings. The van der Waals surface area contributed by atoms with Crippen molar-refractivity contribution in [1.82, 2.24) is 5.32 Å². The fourth-order valence-electron chi connectivity index (χ4n) is 0.937. The number of hydrogen-bond donors (Lipinski definition) is 2. The van der Waals surface area contributed by atoms with E-state index in [4.69, 9.17) is 16.7 Å². The average molecular weight is 210 g/mol. The third kappa shape index (κ3) is 3.29. The van der Waals surface area contributed by atoms with Crippen LogP contribution < -0.4 is 5.32 Å². The molecule has 1 aromatic carbocycles. The van der Waals surface area contributed by atoms with Crippen molar-refractivity contribution in [2.24, 2.45) is 0 Å². The highest BCUT2D eigenvalue weighted by molar-refractivity contribution is 6.32. The molecule has 0 aliphatic heterocycles. The lowest BCUT2D eigenvalue weighted by Crippen LogP contribution is -2.05. The fourth-order valence-corrected chi connectivity index (χ4v) is 1.12. The minimum Gasteiger partial charge on any atom is -0.506 e. The summed E-state index contributed by atoms with van der Waals surface area (Å²) in [7, 11) is 1.89. The quantitative estimate of drug-likeness (QED) is 0.577. The molecule has 14 heavy (non-hydrogen) atoms. The maximum Gasteiger partial charge on any atom is 0.134 e. The van der Waals surface area contributed by atoms with Gasteiger partial charge in [-0.1, -0.05) is 23.4 Å². The van der Waals surface area contributed by atoms with Crippen LogP contribution in [0.5, 0.6) is 5.75 Å². The summed E-state index contributed by atoms with van der Waals surface area (Å²) in [6.07, 6.45) is 0.801. The number of phenolic OH excluding ortho intramolecular Hbond substituents is 1. The molecule has 0 spiro atoms. The van der Waals surface area contributed by atoms with Gasteiger partial charge in [-0.15, -0.1) is 0 Å². The Kier molecular flexibility index (Phi) is 4.31. The molecule has 0 atom stereocenters. The zero-order chi connectivity index (χ0) is 10.4. The molecular weight excluding hydrogens is 198 g/mol. The molecular formula is C11H12ClNO. The van der Waals surface area contributed by atoms with Crippen LogP contribution in [0.2, 0.25) is 5.02 Å². The molecule has 2 nitrogen and oxygen atoms in total. The van der Waals surface area contributed by atoms with Crippen molar-refractivity contribution in [3.8, 4) is 17.6 Å². The van der Waals surface area contributed by atoms with E-state index in [1.165, 1.54) is 0 Å². The summed E-state index contributed by atoms with van der Waals surface area (Å²) in [5, 5.41) is 12.5. The third-order valence-corrected chi connectivity index (χ3v) is 1.98. The molecule has 2 N–H and O–H groups in total. The van der Waals surface area contributed by atoms with Crippen molar-refractivity contribution in [3.63, 3.8) is 0 Å². The third-order valence-electron chi connectivity index (χ3n) is 1.68. The van der Waals surface area contributed by atoms with E-state index in [1.807, 2.05) is 7.05 Å². The monoisotopic (exact) mass is 209 g/mol. The van der Waals surface area contributed by atoms with E-state index >= 15 is 0 Å². The van der Waals surface area contributed by atoms with Crippen LogP contribution in [0.3, 0.4) is 0 Å². The summed E-state index contributed by atoms with van der Waals surface area (Å²) >= 11 is 5.72. The number of hydrogen-bond acceptors (Lipinski definition) is 2. The van der Waals surface area contributed by atoms with Crippen LogP contribution in [0.25, 0.3) is 0 Å². The van der Waals surface area contributed by atoms with Crippen LogP contribution in [0.4, 0.5) is 0 Å². The van der Waals surface area contributed by atoms with Gasteiger partial charge in [0.05, 0.1) is 5.02 Å². The molecule has 0 aromatic heterocycles. The Labute approximate surface area is 88.9 Å². The second-order valence-electron chi connectivity index (χ2n) is 2.82. The van der Waals surface area contributed by atoms with E-state index in [0.717, 1.165) is 18.5 Å². The fraction of sp³-hybridized carbons (Fsp3) is 0.273. The predicted octanol–water partition coefficient (Wildman–Crippen LogP) is 2.01. The molecule has 0 saturated carbocycles. The van der Waals surface area contributed by atoms with E-state index in [-0.39, 0.29) is 5.75 Å². The molecule has 0 unspecified atom stereocenters. The number of rotatable bonds is 2. The Morgan fingerprint density at radius 2 is 2.29 bits per heavy atom. The van der Waals surface area contributed by atoms with Crippen LogP contribution in [-0.4, -0.2) is 18.7 Å². The van der Waals surface area contributed by atoms with E-state index in [9.17, 15) is 0 Å². The second kappa shape index (κ2) is 5.54. The molecule has 1 rings (SSSR count). The van der Waals surface area contributed by atoms with Gasteiger partial charge in [0, 0.05) is 18.5 Å². The molecule has 0 radical (unpaired) electrons. The zero-order valence-electron chi connectivity index (χ0n) is 7.97. The standard InChI is InChI=1S/C11H12ClNO/c1-13-7-3-2-4-9-5-6-11(14)10(12)8-9/h5-6,8,13-14H,3,7H2,1H3. The molecule has 0 amide bonds. The molecule has 0 saturated heterocycles. The van der Waals surface area contributed by atoms with Gasteiger partial charge in [-0.25, -0.2) is 0 Å². The minimum atomic E-state index is 0.0902. The van der Waals surface area contributed by atoms with Gasteiger partial charge in [0.2, 0.25) is 0 Å². The van der Waals surface area contributed by atoms with Crippen molar-refractivity contribution in [2.75, 3.05) is 13.6 Å². The van der Waals surface area contributed by atoms with Gasteiger partial charge in [0.15, 0.2) is 0 Å². The van der Waals surface area contributed by atoms with Crippen LogP contribution in [0.15, 0.2) is 18.2 Å². The lowest BCUT2D eigenvalue weighted by molar-refractivity contribution is 0.475. The summed E-state index contributed by atoms with van der Waals surface area (Å²) in [6.45, 7) is 0.874. The molecule has 3 heteroatoms.